The minimum Gasteiger partial charge on any atom is -0.297 e. The third-order valence-electron chi connectivity index (χ3n) is 2.90. The molecule has 0 N–H and O–H groups in total. The zero-order valence-electron chi connectivity index (χ0n) is 9.51. The van der Waals surface area contributed by atoms with Crippen molar-refractivity contribution in [2.24, 2.45) is 5.92 Å². The number of hydrogen-bond donors (Lipinski definition) is 0. The van der Waals surface area contributed by atoms with Gasteiger partial charge in [-0.25, -0.2) is 0 Å². The Hall–Kier alpha value is -0.300. The Labute approximate surface area is 82.8 Å². The van der Waals surface area contributed by atoms with Crippen LogP contribution in [-0.2, 0) is 0 Å². The van der Waals surface area contributed by atoms with Crippen molar-refractivity contribution in [3.8, 4) is 0 Å². The number of nitrogens with zero attached hydrogens (tertiary/aromatic N) is 1. The molecule has 1 aliphatic rings. The Balaban J connectivity index is 2.36. The van der Waals surface area contributed by atoms with Gasteiger partial charge in [0.15, 0.2) is 0 Å². The van der Waals surface area contributed by atoms with Gasteiger partial charge in [0.05, 0.1) is 0 Å². The first-order valence-corrected chi connectivity index (χ1v) is 5.49. The van der Waals surface area contributed by atoms with E-state index < -0.39 is 0 Å². The van der Waals surface area contributed by atoms with E-state index in [4.69, 9.17) is 0 Å². The molecular formula is C12H23N. The van der Waals surface area contributed by atoms with Crippen LogP contribution in [0.1, 0.15) is 40.5 Å². The summed E-state index contributed by atoms with van der Waals surface area (Å²) in [5, 5.41) is 0. The van der Waals surface area contributed by atoms with Crippen LogP contribution in [0.4, 0.5) is 0 Å². The predicted molar refractivity (Wildman–Crippen MR) is 58.9 cm³/mol. The van der Waals surface area contributed by atoms with Gasteiger partial charge in [0, 0.05) is 19.1 Å². The van der Waals surface area contributed by atoms with Gasteiger partial charge in [0.25, 0.3) is 0 Å². The summed E-state index contributed by atoms with van der Waals surface area (Å²) in [6, 6.07) is 0.754. The van der Waals surface area contributed by atoms with Crippen LogP contribution in [0.25, 0.3) is 0 Å². The van der Waals surface area contributed by atoms with Gasteiger partial charge in [-0.3, -0.25) is 4.90 Å². The fourth-order valence-electron chi connectivity index (χ4n) is 2.02. The van der Waals surface area contributed by atoms with Crippen LogP contribution < -0.4 is 0 Å². The van der Waals surface area contributed by atoms with Gasteiger partial charge in [0.2, 0.25) is 0 Å². The maximum atomic E-state index is 2.59. The van der Waals surface area contributed by atoms with Crippen molar-refractivity contribution in [1.82, 2.24) is 4.90 Å². The second kappa shape index (κ2) is 4.80. The molecule has 0 amide bonds. The van der Waals surface area contributed by atoms with Crippen molar-refractivity contribution in [1.29, 1.82) is 0 Å². The van der Waals surface area contributed by atoms with Crippen molar-refractivity contribution < 1.29 is 0 Å². The largest absolute Gasteiger partial charge is 0.297 e. The van der Waals surface area contributed by atoms with E-state index in [2.05, 4.69) is 38.7 Å². The van der Waals surface area contributed by atoms with Crippen LogP contribution in [0.3, 0.4) is 0 Å². The van der Waals surface area contributed by atoms with Crippen LogP contribution in [0.2, 0.25) is 0 Å². The molecule has 1 rings (SSSR count). The standard InChI is InChI=1S/C12H23N/c1-10(2)9-12(4)13-7-5-11(3)6-8-13/h5,10,12H,6-9H2,1-4H3. The lowest BCUT2D eigenvalue weighted by molar-refractivity contribution is 0.200. The third-order valence-corrected chi connectivity index (χ3v) is 2.90. The Kier molecular flexibility index (Phi) is 3.98. The highest BCUT2D eigenvalue weighted by Gasteiger charge is 2.16. The molecule has 1 nitrogen and oxygen atoms in total. The van der Waals surface area contributed by atoms with Crippen molar-refractivity contribution in [3.05, 3.63) is 11.6 Å². The third kappa shape index (κ3) is 3.51. The summed E-state index contributed by atoms with van der Waals surface area (Å²) >= 11 is 0. The zero-order chi connectivity index (χ0) is 9.84. The molecule has 0 saturated heterocycles. The average Bonchev–Trinajstić information content (AvgIpc) is 2.04. The van der Waals surface area contributed by atoms with Crippen LogP contribution >= 0.6 is 0 Å². The van der Waals surface area contributed by atoms with E-state index in [1.807, 2.05) is 0 Å². The summed E-state index contributed by atoms with van der Waals surface area (Å²) < 4.78 is 0. The van der Waals surface area contributed by atoms with Gasteiger partial charge < -0.3 is 0 Å². The second-order valence-corrected chi connectivity index (χ2v) is 4.77. The van der Waals surface area contributed by atoms with Gasteiger partial charge in [-0.1, -0.05) is 25.5 Å². The van der Waals surface area contributed by atoms with E-state index in [9.17, 15) is 0 Å². The lowest BCUT2D eigenvalue weighted by Gasteiger charge is -2.32. The fourth-order valence-corrected chi connectivity index (χ4v) is 2.02. The summed E-state index contributed by atoms with van der Waals surface area (Å²) in [5.41, 5.74) is 1.56. The normalized spacial score (nSPS) is 21.8. The molecule has 0 spiro atoms. The monoisotopic (exact) mass is 181 g/mol. The highest BCUT2D eigenvalue weighted by atomic mass is 15.1. The lowest BCUT2D eigenvalue weighted by atomic mass is 10.0. The molecule has 0 radical (unpaired) electrons. The first-order chi connectivity index (χ1) is 6.09. The van der Waals surface area contributed by atoms with E-state index >= 15 is 0 Å². The summed E-state index contributed by atoms with van der Waals surface area (Å²) in [6.45, 7) is 11.6. The van der Waals surface area contributed by atoms with Crippen molar-refractivity contribution in [2.75, 3.05) is 13.1 Å². The van der Waals surface area contributed by atoms with E-state index in [-0.39, 0.29) is 0 Å². The van der Waals surface area contributed by atoms with Crippen molar-refractivity contribution >= 4 is 0 Å². The van der Waals surface area contributed by atoms with E-state index in [1.54, 1.807) is 5.57 Å². The topological polar surface area (TPSA) is 3.24 Å². The van der Waals surface area contributed by atoms with Crippen molar-refractivity contribution in [2.45, 2.75) is 46.6 Å². The molecule has 0 aromatic carbocycles. The van der Waals surface area contributed by atoms with Crippen LogP contribution in [0.5, 0.6) is 0 Å². The molecule has 0 aliphatic carbocycles. The molecular weight excluding hydrogens is 158 g/mol. The second-order valence-electron chi connectivity index (χ2n) is 4.77. The maximum Gasteiger partial charge on any atom is 0.0168 e. The Morgan fingerprint density at radius 1 is 1.38 bits per heavy atom. The maximum absolute atomic E-state index is 2.59. The molecule has 0 bridgehead atoms. The molecule has 1 heterocycles. The summed E-state index contributed by atoms with van der Waals surface area (Å²) in [7, 11) is 0. The van der Waals surface area contributed by atoms with Gasteiger partial charge >= 0.3 is 0 Å². The zero-order valence-corrected chi connectivity index (χ0v) is 9.51. The average molecular weight is 181 g/mol. The fraction of sp³-hybridized carbons (Fsp3) is 0.833. The van der Waals surface area contributed by atoms with Crippen LogP contribution in [-0.4, -0.2) is 24.0 Å². The summed E-state index contributed by atoms with van der Waals surface area (Å²) in [4.78, 5) is 2.59. The van der Waals surface area contributed by atoms with Crippen LogP contribution in [0.15, 0.2) is 11.6 Å². The van der Waals surface area contributed by atoms with Gasteiger partial charge in [0.1, 0.15) is 0 Å². The molecule has 0 aromatic heterocycles. The molecule has 13 heavy (non-hydrogen) atoms. The smallest absolute Gasteiger partial charge is 0.0168 e. The minimum atomic E-state index is 0.754. The quantitative estimate of drug-likeness (QED) is 0.605. The predicted octanol–water partition coefficient (Wildman–Crippen LogP) is 3.07. The summed E-state index contributed by atoms with van der Waals surface area (Å²) in [5.74, 6) is 0.821. The minimum absolute atomic E-state index is 0.754. The molecule has 1 atom stereocenters. The molecule has 1 heteroatoms. The Morgan fingerprint density at radius 3 is 2.54 bits per heavy atom. The number of rotatable bonds is 3. The molecule has 0 fully saturated rings. The first-order valence-electron chi connectivity index (χ1n) is 5.49. The highest BCUT2D eigenvalue weighted by molar-refractivity contribution is 5.04. The summed E-state index contributed by atoms with van der Waals surface area (Å²) in [6.07, 6.45) is 4.97. The van der Waals surface area contributed by atoms with Gasteiger partial charge in [-0.2, -0.15) is 0 Å². The van der Waals surface area contributed by atoms with E-state index in [1.165, 1.54) is 25.9 Å². The molecule has 76 valence electrons. The molecule has 1 unspecified atom stereocenters. The molecule has 0 saturated carbocycles. The Bertz CT molecular complexity index is 182. The van der Waals surface area contributed by atoms with Crippen LogP contribution in [0, 0.1) is 5.92 Å². The SMILES string of the molecule is CC1=CCN(C(C)CC(C)C)CC1. The highest BCUT2D eigenvalue weighted by Crippen LogP contribution is 2.16. The van der Waals surface area contributed by atoms with Gasteiger partial charge in [-0.05, 0) is 32.6 Å². The lowest BCUT2D eigenvalue weighted by Crippen LogP contribution is -2.37. The number of hydrogen-bond acceptors (Lipinski definition) is 1. The first kappa shape index (κ1) is 10.8. The Morgan fingerprint density at radius 2 is 2.08 bits per heavy atom. The van der Waals surface area contributed by atoms with Crippen molar-refractivity contribution in [3.63, 3.8) is 0 Å². The van der Waals surface area contributed by atoms with E-state index in [0.717, 1.165) is 12.0 Å². The molecule has 1 aliphatic heterocycles. The molecule has 0 aromatic rings. The van der Waals surface area contributed by atoms with Gasteiger partial charge in [-0.15, -0.1) is 0 Å². The van der Waals surface area contributed by atoms with E-state index in [0.29, 0.717) is 0 Å².